The SMILES string of the molecule is COC(=O)C1=C(C)NC2=C(C(=O)[C@H](C(=O)OC)[C@@H](c3ccc(OC)cc3)C2)[C@H]1c1sccc1C. The minimum absolute atomic E-state index is 0.340. The topological polar surface area (TPSA) is 90.9 Å². The molecule has 1 aliphatic carbocycles. The maximum absolute atomic E-state index is 14.1. The fourth-order valence-electron chi connectivity index (χ4n) is 4.92. The lowest BCUT2D eigenvalue weighted by atomic mass is 9.68. The molecule has 4 rings (SSSR count). The van der Waals surface area contributed by atoms with Crippen LogP contribution in [0.3, 0.4) is 0 Å². The summed E-state index contributed by atoms with van der Waals surface area (Å²) < 4.78 is 15.4. The van der Waals surface area contributed by atoms with Crippen LogP contribution in [0.1, 0.15) is 41.2 Å². The van der Waals surface area contributed by atoms with Crippen molar-refractivity contribution in [3.63, 3.8) is 0 Å². The summed E-state index contributed by atoms with van der Waals surface area (Å²) in [4.78, 5) is 40.7. The summed E-state index contributed by atoms with van der Waals surface area (Å²) >= 11 is 1.48. The first-order chi connectivity index (χ1) is 16.3. The predicted molar refractivity (Wildman–Crippen MR) is 128 cm³/mol. The Balaban J connectivity index is 1.89. The maximum atomic E-state index is 14.1. The Morgan fingerprint density at radius 1 is 1.03 bits per heavy atom. The van der Waals surface area contributed by atoms with E-state index in [0.29, 0.717) is 34.7 Å². The molecule has 0 amide bonds. The van der Waals surface area contributed by atoms with Crippen molar-refractivity contribution < 1.29 is 28.6 Å². The molecule has 1 N–H and O–H groups in total. The van der Waals surface area contributed by atoms with Gasteiger partial charge in [-0.1, -0.05) is 12.1 Å². The zero-order valence-corrected chi connectivity index (χ0v) is 20.6. The highest BCUT2D eigenvalue weighted by Gasteiger charge is 2.49. The third-order valence-corrected chi connectivity index (χ3v) is 7.67. The van der Waals surface area contributed by atoms with E-state index in [9.17, 15) is 14.4 Å². The van der Waals surface area contributed by atoms with Crippen LogP contribution in [0.25, 0.3) is 0 Å². The number of aryl methyl sites for hydroxylation is 1. The molecule has 3 atom stereocenters. The predicted octanol–water partition coefficient (Wildman–Crippen LogP) is 4.00. The molecule has 178 valence electrons. The molecule has 1 aliphatic heterocycles. The second kappa shape index (κ2) is 9.46. The summed E-state index contributed by atoms with van der Waals surface area (Å²) in [7, 11) is 4.19. The van der Waals surface area contributed by atoms with Crippen LogP contribution in [0.5, 0.6) is 5.75 Å². The van der Waals surface area contributed by atoms with Crippen molar-refractivity contribution in [2.45, 2.75) is 32.1 Å². The van der Waals surface area contributed by atoms with Gasteiger partial charge in [-0.2, -0.15) is 0 Å². The van der Waals surface area contributed by atoms with E-state index in [0.717, 1.165) is 16.0 Å². The molecule has 1 aromatic carbocycles. The summed E-state index contributed by atoms with van der Waals surface area (Å²) in [6.45, 7) is 3.76. The fraction of sp³-hybridized carbons (Fsp3) is 0.346. The van der Waals surface area contributed by atoms with Crippen molar-refractivity contribution in [1.29, 1.82) is 0 Å². The second-order valence-corrected chi connectivity index (χ2v) is 9.34. The Kier molecular flexibility index (Phi) is 6.61. The molecule has 8 heteroatoms. The van der Waals surface area contributed by atoms with Crippen molar-refractivity contribution in [3.05, 3.63) is 74.3 Å². The fourth-order valence-corrected chi connectivity index (χ4v) is 5.96. The average molecular weight is 482 g/mol. The van der Waals surface area contributed by atoms with Crippen LogP contribution in [0.4, 0.5) is 0 Å². The highest BCUT2D eigenvalue weighted by atomic mass is 32.1. The monoisotopic (exact) mass is 481 g/mol. The normalized spacial score (nSPS) is 22.1. The summed E-state index contributed by atoms with van der Waals surface area (Å²) in [6.07, 6.45) is 0.417. The highest BCUT2D eigenvalue weighted by Crippen LogP contribution is 2.49. The summed E-state index contributed by atoms with van der Waals surface area (Å²) in [5.41, 5.74) is 3.97. The number of carbonyl (C=O) groups is 3. The van der Waals surface area contributed by atoms with Crippen molar-refractivity contribution in [2.24, 2.45) is 5.92 Å². The van der Waals surface area contributed by atoms with Gasteiger partial charge in [0.1, 0.15) is 11.7 Å². The first kappa shape index (κ1) is 23.8. The van der Waals surface area contributed by atoms with Crippen LogP contribution in [-0.2, 0) is 23.9 Å². The van der Waals surface area contributed by atoms with Gasteiger partial charge in [0.05, 0.1) is 32.8 Å². The number of ketones is 1. The third kappa shape index (κ3) is 3.92. The highest BCUT2D eigenvalue weighted by molar-refractivity contribution is 7.10. The standard InChI is InChI=1S/C26H27NO6S/c1-13-10-11-34-24(13)22-19(25(29)32-4)14(2)27-18-12-17(15-6-8-16(31-3)9-7-15)20(26(30)33-5)23(28)21(18)22/h6-11,17,20,22,27H,12H2,1-5H3/t17-,20-,22+/m1/s1. The van der Waals surface area contributed by atoms with Gasteiger partial charge in [-0.25, -0.2) is 4.79 Å². The zero-order valence-electron chi connectivity index (χ0n) is 19.8. The molecule has 7 nitrogen and oxygen atoms in total. The van der Waals surface area contributed by atoms with E-state index in [2.05, 4.69) is 5.32 Å². The van der Waals surface area contributed by atoms with Gasteiger partial charge >= 0.3 is 11.9 Å². The molecule has 0 saturated carbocycles. The number of esters is 2. The van der Waals surface area contributed by atoms with Crippen LogP contribution >= 0.6 is 11.3 Å². The summed E-state index contributed by atoms with van der Waals surface area (Å²) in [5, 5.41) is 5.22. The Bertz CT molecular complexity index is 1210. The van der Waals surface area contributed by atoms with Crippen LogP contribution in [0.15, 0.2) is 58.3 Å². The van der Waals surface area contributed by atoms with Gasteiger partial charge in [0.2, 0.25) is 0 Å². The number of carbonyl (C=O) groups excluding carboxylic acids is 3. The molecule has 2 heterocycles. The number of methoxy groups -OCH3 is 3. The van der Waals surface area contributed by atoms with Gasteiger partial charge in [-0.05, 0) is 55.0 Å². The van der Waals surface area contributed by atoms with Crippen LogP contribution in [0.2, 0.25) is 0 Å². The Labute approximate surface area is 202 Å². The van der Waals surface area contributed by atoms with E-state index in [4.69, 9.17) is 14.2 Å². The molecule has 0 bridgehead atoms. The molecule has 0 spiro atoms. The number of Topliss-reactive ketones (excluding diaryl/α,β-unsaturated/α-hetero) is 1. The van der Waals surface area contributed by atoms with Gasteiger partial charge in [-0.15, -0.1) is 11.3 Å². The van der Waals surface area contributed by atoms with Gasteiger partial charge < -0.3 is 19.5 Å². The summed E-state index contributed by atoms with van der Waals surface area (Å²) in [6, 6.07) is 9.31. The van der Waals surface area contributed by atoms with E-state index in [1.165, 1.54) is 25.6 Å². The van der Waals surface area contributed by atoms with Crippen LogP contribution in [0, 0.1) is 12.8 Å². The lowest BCUT2D eigenvalue weighted by Gasteiger charge is -2.39. The lowest BCUT2D eigenvalue weighted by molar-refractivity contribution is -0.150. The number of allylic oxidation sites excluding steroid dienone is 3. The summed E-state index contributed by atoms with van der Waals surface area (Å²) in [5.74, 6) is -2.81. The van der Waals surface area contributed by atoms with E-state index in [1.807, 2.05) is 49.6 Å². The van der Waals surface area contributed by atoms with E-state index in [1.54, 1.807) is 7.11 Å². The number of rotatable bonds is 5. The minimum Gasteiger partial charge on any atom is -0.497 e. The van der Waals surface area contributed by atoms with Gasteiger partial charge in [0.25, 0.3) is 0 Å². The second-order valence-electron chi connectivity index (χ2n) is 8.40. The number of benzene rings is 1. The van der Waals surface area contributed by atoms with Crippen LogP contribution in [-0.4, -0.2) is 39.1 Å². The smallest absolute Gasteiger partial charge is 0.336 e. The number of dihydropyridines is 1. The van der Waals surface area contributed by atoms with E-state index >= 15 is 0 Å². The molecular weight excluding hydrogens is 454 g/mol. The number of ether oxygens (including phenoxy) is 3. The number of nitrogens with one attached hydrogen (secondary N) is 1. The third-order valence-electron chi connectivity index (χ3n) is 6.59. The lowest BCUT2D eigenvalue weighted by Crippen LogP contribution is -2.43. The number of hydrogen-bond acceptors (Lipinski definition) is 8. The van der Waals surface area contributed by atoms with Gasteiger partial charge in [0, 0.05) is 27.8 Å². The van der Waals surface area contributed by atoms with Crippen molar-refractivity contribution in [1.82, 2.24) is 5.32 Å². The molecule has 0 fully saturated rings. The first-order valence-corrected chi connectivity index (χ1v) is 11.8. The van der Waals surface area contributed by atoms with Gasteiger partial charge in [0.15, 0.2) is 5.78 Å². The van der Waals surface area contributed by atoms with Crippen molar-refractivity contribution in [2.75, 3.05) is 21.3 Å². The van der Waals surface area contributed by atoms with Crippen LogP contribution < -0.4 is 10.1 Å². The maximum Gasteiger partial charge on any atom is 0.336 e. The molecule has 34 heavy (non-hydrogen) atoms. The minimum atomic E-state index is -1.03. The Morgan fingerprint density at radius 3 is 2.29 bits per heavy atom. The van der Waals surface area contributed by atoms with Crippen molar-refractivity contribution >= 4 is 29.1 Å². The zero-order chi connectivity index (χ0) is 24.6. The largest absolute Gasteiger partial charge is 0.497 e. The Hall–Kier alpha value is -3.39. The number of thiophene rings is 1. The van der Waals surface area contributed by atoms with Crippen molar-refractivity contribution in [3.8, 4) is 5.75 Å². The average Bonchev–Trinajstić information content (AvgIpc) is 3.27. The van der Waals surface area contributed by atoms with E-state index < -0.39 is 29.7 Å². The molecule has 2 aliphatic rings. The molecule has 0 unspecified atom stereocenters. The quantitative estimate of drug-likeness (QED) is 0.510. The molecule has 0 saturated heterocycles. The van der Waals surface area contributed by atoms with E-state index in [-0.39, 0.29) is 5.78 Å². The van der Waals surface area contributed by atoms with Gasteiger partial charge in [-0.3, -0.25) is 9.59 Å². The number of hydrogen-bond donors (Lipinski definition) is 1. The first-order valence-electron chi connectivity index (χ1n) is 10.9. The molecule has 0 radical (unpaired) electrons. The Morgan fingerprint density at radius 2 is 1.74 bits per heavy atom. The molecular formula is C26H27NO6S. The molecule has 2 aromatic rings. The molecule has 1 aromatic heterocycles.